The molecule has 2 rings (SSSR count). The number of rotatable bonds is 3. The van der Waals surface area contributed by atoms with Gasteiger partial charge in [-0.1, -0.05) is 28.1 Å². The highest BCUT2D eigenvalue weighted by molar-refractivity contribution is 9.10. The van der Waals surface area contributed by atoms with Gasteiger partial charge in [-0.2, -0.15) is 17.6 Å². The van der Waals surface area contributed by atoms with Crippen LogP contribution in [0.3, 0.4) is 0 Å². The quantitative estimate of drug-likeness (QED) is 0.527. The number of hydrogen-bond acceptors (Lipinski definition) is 1. The van der Waals surface area contributed by atoms with Crippen LogP contribution in [0.15, 0.2) is 40.9 Å². The lowest BCUT2D eigenvalue weighted by molar-refractivity contribution is -0.137. The lowest BCUT2D eigenvalue weighted by Gasteiger charge is -2.11. The average Bonchev–Trinajstić information content (AvgIpc) is 2.40. The number of benzene rings is 2. The Morgan fingerprint density at radius 2 is 1.76 bits per heavy atom. The van der Waals surface area contributed by atoms with Gasteiger partial charge in [0.1, 0.15) is 6.61 Å². The molecule has 0 amide bonds. The molecule has 0 spiro atoms. The predicted molar refractivity (Wildman–Crippen MR) is 69.8 cm³/mol. The second-order valence-corrected chi connectivity index (χ2v) is 5.10. The molecule has 21 heavy (non-hydrogen) atoms. The topological polar surface area (TPSA) is 9.23 Å². The minimum absolute atomic E-state index is 0.199. The van der Waals surface area contributed by atoms with Gasteiger partial charge in [0.05, 0.1) is 5.56 Å². The van der Waals surface area contributed by atoms with E-state index in [0.717, 1.165) is 18.2 Å². The van der Waals surface area contributed by atoms with E-state index in [1.54, 1.807) is 0 Å². The van der Waals surface area contributed by atoms with Gasteiger partial charge >= 0.3 is 6.18 Å². The highest BCUT2D eigenvalue weighted by Gasteiger charge is 2.30. The molecular formula is C14H8BrF5O. The van der Waals surface area contributed by atoms with Crippen LogP contribution in [0.4, 0.5) is 22.0 Å². The SMILES string of the molecule is Fc1cc(Br)cc(OCc2cccc(C(F)(F)F)c2)c1F. The van der Waals surface area contributed by atoms with E-state index in [9.17, 15) is 22.0 Å². The first-order chi connectivity index (χ1) is 9.77. The summed E-state index contributed by atoms with van der Waals surface area (Å²) in [5.74, 6) is -2.67. The minimum Gasteiger partial charge on any atom is -0.486 e. The van der Waals surface area contributed by atoms with E-state index >= 15 is 0 Å². The van der Waals surface area contributed by atoms with Crippen molar-refractivity contribution in [2.75, 3.05) is 0 Å². The average molecular weight is 367 g/mol. The van der Waals surface area contributed by atoms with Crippen LogP contribution in [0.5, 0.6) is 5.75 Å². The standard InChI is InChI=1S/C14H8BrF5O/c15-10-5-11(16)13(17)12(6-10)21-7-8-2-1-3-9(4-8)14(18,19)20/h1-6H,7H2. The second kappa shape index (κ2) is 6.01. The van der Waals surface area contributed by atoms with Crippen LogP contribution in [-0.4, -0.2) is 0 Å². The molecule has 2 aromatic rings. The predicted octanol–water partition coefficient (Wildman–Crippen LogP) is 5.33. The fraction of sp³-hybridized carbons (Fsp3) is 0.143. The Bertz CT molecular complexity index is 654. The fourth-order valence-corrected chi connectivity index (χ4v) is 2.04. The summed E-state index contributed by atoms with van der Waals surface area (Å²) < 4.78 is 69.5. The molecule has 0 N–H and O–H groups in total. The zero-order chi connectivity index (χ0) is 15.6. The summed E-state index contributed by atoms with van der Waals surface area (Å²) in [6, 6.07) is 6.56. The Morgan fingerprint density at radius 3 is 2.43 bits per heavy atom. The largest absolute Gasteiger partial charge is 0.486 e. The molecule has 0 aliphatic carbocycles. The summed E-state index contributed by atoms with van der Waals surface area (Å²) in [6.45, 7) is -0.309. The zero-order valence-corrected chi connectivity index (χ0v) is 11.9. The third kappa shape index (κ3) is 3.93. The van der Waals surface area contributed by atoms with Crippen molar-refractivity contribution in [2.45, 2.75) is 12.8 Å². The van der Waals surface area contributed by atoms with Crippen LogP contribution in [-0.2, 0) is 12.8 Å². The first-order valence-corrected chi connectivity index (χ1v) is 6.50. The first kappa shape index (κ1) is 15.8. The van der Waals surface area contributed by atoms with Crippen LogP contribution in [0.2, 0.25) is 0 Å². The number of alkyl halides is 3. The Morgan fingerprint density at radius 1 is 1.05 bits per heavy atom. The third-order valence-corrected chi connectivity index (χ3v) is 3.07. The van der Waals surface area contributed by atoms with Crippen molar-refractivity contribution in [1.82, 2.24) is 0 Å². The van der Waals surface area contributed by atoms with Gasteiger partial charge < -0.3 is 4.74 Å². The molecule has 0 radical (unpaired) electrons. The molecule has 0 aliphatic heterocycles. The lowest BCUT2D eigenvalue weighted by atomic mass is 10.1. The summed E-state index contributed by atoms with van der Waals surface area (Å²) in [4.78, 5) is 0. The van der Waals surface area contributed by atoms with E-state index in [-0.39, 0.29) is 22.4 Å². The molecule has 112 valence electrons. The van der Waals surface area contributed by atoms with E-state index in [1.807, 2.05) is 0 Å². The highest BCUT2D eigenvalue weighted by atomic mass is 79.9. The molecule has 0 bridgehead atoms. The Labute approximate surface area is 125 Å². The van der Waals surface area contributed by atoms with Gasteiger partial charge in [-0.05, 0) is 29.8 Å². The van der Waals surface area contributed by atoms with Gasteiger partial charge in [0.15, 0.2) is 11.6 Å². The summed E-state index contributed by atoms with van der Waals surface area (Å²) in [5, 5.41) is 0. The molecule has 1 nitrogen and oxygen atoms in total. The maximum absolute atomic E-state index is 13.5. The van der Waals surface area contributed by atoms with Crippen molar-refractivity contribution < 1.29 is 26.7 Å². The molecule has 0 atom stereocenters. The normalized spacial score (nSPS) is 11.5. The van der Waals surface area contributed by atoms with Crippen molar-refractivity contribution in [1.29, 1.82) is 0 Å². The lowest BCUT2D eigenvalue weighted by Crippen LogP contribution is -2.06. The minimum atomic E-state index is -4.47. The molecule has 0 heterocycles. The third-order valence-electron chi connectivity index (χ3n) is 2.61. The van der Waals surface area contributed by atoms with E-state index in [0.29, 0.717) is 0 Å². The zero-order valence-electron chi connectivity index (χ0n) is 10.3. The maximum atomic E-state index is 13.5. The van der Waals surface area contributed by atoms with Crippen molar-refractivity contribution in [2.24, 2.45) is 0 Å². The second-order valence-electron chi connectivity index (χ2n) is 4.19. The van der Waals surface area contributed by atoms with Crippen molar-refractivity contribution in [3.05, 3.63) is 63.6 Å². The molecule has 7 heteroatoms. The molecule has 0 saturated heterocycles. The van der Waals surface area contributed by atoms with E-state index in [1.165, 1.54) is 18.2 Å². The molecule has 2 aromatic carbocycles. The monoisotopic (exact) mass is 366 g/mol. The first-order valence-electron chi connectivity index (χ1n) is 5.71. The summed E-state index contributed by atoms with van der Waals surface area (Å²) in [7, 11) is 0. The maximum Gasteiger partial charge on any atom is 0.416 e. The molecule has 0 aromatic heterocycles. The van der Waals surface area contributed by atoms with Crippen LogP contribution in [0.25, 0.3) is 0 Å². The van der Waals surface area contributed by atoms with Crippen LogP contribution in [0.1, 0.15) is 11.1 Å². The Hall–Kier alpha value is -1.63. The van der Waals surface area contributed by atoms with Crippen molar-refractivity contribution in [3.63, 3.8) is 0 Å². The van der Waals surface area contributed by atoms with Crippen LogP contribution in [0, 0.1) is 11.6 Å². The van der Waals surface area contributed by atoms with Crippen molar-refractivity contribution in [3.8, 4) is 5.75 Å². The van der Waals surface area contributed by atoms with Crippen LogP contribution >= 0.6 is 15.9 Å². The molecule has 0 fully saturated rings. The van der Waals surface area contributed by atoms with Gasteiger partial charge in [-0.3, -0.25) is 0 Å². The molecule has 0 aliphatic rings. The molecular weight excluding hydrogens is 359 g/mol. The Kier molecular flexibility index (Phi) is 4.51. The van der Waals surface area contributed by atoms with E-state index < -0.39 is 23.4 Å². The van der Waals surface area contributed by atoms with Gasteiger partial charge in [0.2, 0.25) is 5.82 Å². The molecule has 0 saturated carbocycles. The highest BCUT2D eigenvalue weighted by Crippen LogP contribution is 2.30. The Balaban J connectivity index is 2.17. The number of halogens is 6. The van der Waals surface area contributed by atoms with E-state index in [2.05, 4.69) is 15.9 Å². The van der Waals surface area contributed by atoms with E-state index in [4.69, 9.17) is 4.74 Å². The van der Waals surface area contributed by atoms with Gasteiger partial charge in [-0.25, -0.2) is 4.39 Å². The number of ether oxygens (including phenoxy) is 1. The fourth-order valence-electron chi connectivity index (χ4n) is 1.64. The molecule has 0 unspecified atom stereocenters. The van der Waals surface area contributed by atoms with Gasteiger partial charge in [0, 0.05) is 4.47 Å². The van der Waals surface area contributed by atoms with Crippen LogP contribution < -0.4 is 4.74 Å². The summed E-state index contributed by atoms with van der Waals surface area (Å²) in [6.07, 6.45) is -4.47. The van der Waals surface area contributed by atoms with Crippen molar-refractivity contribution >= 4 is 15.9 Å². The number of hydrogen-bond donors (Lipinski definition) is 0. The summed E-state index contributed by atoms with van der Waals surface area (Å²) in [5.41, 5.74) is -0.630. The van der Waals surface area contributed by atoms with Gasteiger partial charge in [0.25, 0.3) is 0 Å². The smallest absolute Gasteiger partial charge is 0.416 e. The van der Waals surface area contributed by atoms with Gasteiger partial charge in [-0.15, -0.1) is 0 Å². The summed E-state index contributed by atoms with van der Waals surface area (Å²) >= 11 is 2.98.